The Morgan fingerprint density at radius 1 is 1.21 bits per heavy atom. The molecule has 1 unspecified atom stereocenters. The van der Waals surface area contributed by atoms with Gasteiger partial charge in [-0.2, -0.15) is 0 Å². The maximum absolute atomic E-state index is 12.3. The van der Waals surface area contributed by atoms with E-state index in [9.17, 15) is 4.79 Å². The Bertz CT molecular complexity index is 407. The Kier molecular flexibility index (Phi) is 6.56. The highest BCUT2D eigenvalue weighted by Gasteiger charge is 2.17. The van der Waals surface area contributed by atoms with Crippen molar-refractivity contribution in [3.63, 3.8) is 0 Å². The molecule has 2 nitrogen and oxygen atoms in total. The zero-order valence-electron chi connectivity index (χ0n) is 12.3. The summed E-state index contributed by atoms with van der Waals surface area (Å²) in [6.07, 6.45) is 2.26. The van der Waals surface area contributed by atoms with Crippen molar-refractivity contribution in [2.75, 3.05) is 6.54 Å². The van der Waals surface area contributed by atoms with Crippen LogP contribution in [-0.2, 0) is 0 Å². The molecule has 0 bridgehead atoms. The van der Waals surface area contributed by atoms with Crippen LogP contribution in [0.15, 0.2) is 18.2 Å². The molecule has 0 radical (unpaired) electrons. The van der Waals surface area contributed by atoms with Gasteiger partial charge in [-0.15, -0.1) is 0 Å². The lowest BCUT2D eigenvalue weighted by molar-refractivity contribution is 0.0951. The van der Waals surface area contributed by atoms with Gasteiger partial charge in [0.15, 0.2) is 0 Å². The van der Waals surface area contributed by atoms with E-state index in [0.29, 0.717) is 17.3 Å². The summed E-state index contributed by atoms with van der Waals surface area (Å²) in [5, 5.41) is 3.04. The first-order valence-corrected chi connectivity index (χ1v) is 7.91. The van der Waals surface area contributed by atoms with E-state index < -0.39 is 0 Å². The SMILES string of the molecule is CCC(CC)C(Br)CNC(=O)c1c(C)cccc1C. The lowest BCUT2D eigenvalue weighted by Gasteiger charge is -2.20. The molecule has 0 saturated heterocycles. The second kappa shape index (κ2) is 7.68. The lowest BCUT2D eigenvalue weighted by atomic mass is 9.99. The van der Waals surface area contributed by atoms with Crippen LogP contribution in [-0.4, -0.2) is 17.3 Å². The first-order chi connectivity index (χ1) is 9.01. The summed E-state index contributed by atoms with van der Waals surface area (Å²) in [5.41, 5.74) is 2.88. The maximum Gasteiger partial charge on any atom is 0.251 e. The first kappa shape index (κ1) is 16.2. The molecule has 19 heavy (non-hydrogen) atoms. The standard InChI is InChI=1S/C16H24BrNO/c1-5-13(6-2)14(17)10-18-16(19)15-11(3)8-7-9-12(15)4/h7-9,13-14H,5-6,10H2,1-4H3,(H,18,19). The number of halogens is 1. The van der Waals surface area contributed by atoms with Crippen LogP contribution in [0.2, 0.25) is 0 Å². The molecule has 3 heteroatoms. The van der Waals surface area contributed by atoms with Gasteiger partial charge in [0, 0.05) is 16.9 Å². The van der Waals surface area contributed by atoms with Crippen molar-refractivity contribution >= 4 is 21.8 Å². The number of hydrogen-bond donors (Lipinski definition) is 1. The highest BCUT2D eigenvalue weighted by atomic mass is 79.9. The van der Waals surface area contributed by atoms with Gasteiger partial charge >= 0.3 is 0 Å². The van der Waals surface area contributed by atoms with Crippen LogP contribution in [0.4, 0.5) is 0 Å². The molecular weight excluding hydrogens is 302 g/mol. The van der Waals surface area contributed by atoms with Crippen LogP contribution in [0.1, 0.15) is 48.2 Å². The fourth-order valence-electron chi connectivity index (χ4n) is 2.42. The van der Waals surface area contributed by atoms with Crippen LogP contribution in [0, 0.1) is 19.8 Å². The van der Waals surface area contributed by atoms with Crippen molar-refractivity contribution in [3.8, 4) is 0 Å². The molecule has 0 heterocycles. The molecule has 1 atom stereocenters. The summed E-state index contributed by atoms with van der Waals surface area (Å²) in [4.78, 5) is 12.6. The molecular formula is C16H24BrNO. The third-order valence-corrected chi connectivity index (χ3v) is 4.80. The Hall–Kier alpha value is -0.830. The quantitative estimate of drug-likeness (QED) is 0.779. The normalized spacial score (nSPS) is 12.5. The second-order valence-electron chi connectivity index (χ2n) is 5.07. The third kappa shape index (κ3) is 4.34. The number of nitrogens with one attached hydrogen (secondary N) is 1. The molecule has 0 aliphatic heterocycles. The largest absolute Gasteiger partial charge is 0.351 e. The van der Waals surface area contributed by atoms with Crippen LogP contribution >= 0.6 is 15.9 Å². The lowest BCUT2D eigenvalue weighted by Crippen LogP contribution is -2.33. The van der Waals surface area contributed by atoms with Gasteiger partial charge in [-0.25, -0.2) is 0 Å². The summed E-state index contributed by atoms with van der Waals surface area (Å²) >= 11 is 3.69. The summed E-state index contributed by atoms with van der Waals surface area (Å²) in [5.74, 6) is 0.643. The molecule has 1 N–H and O–H groups in total. The Balaban J connectivity index is 2.66. The molecule has 1 aromatic carbocycles. The molecule has 1 rings (SSSR count). The maximum atomic E-state index is 12.3. The van der Waals surface area contributed by atoms with Crippen molar-refractivity contribution in [2.24, 2.45) is 5.92 Å². The first-order valence-electron chi connectivity index (χ1n) is 6.99. The summed E-state index contributed by atoms with van der Waals surface area (Å²) < 4.78 is 0. The van der Waals surface area contributed by atoms with E-state index in [1.165, 1.54) is 0 Å². The van der Waals surface area contributed by atoms with E-state index in [0.717, 1.165) is 29.5 Å². The number of amides is 1. The molecule has 1 amide bonds. The predicted octanol–water partition coefficient (Wildman–Crippen LogP) is 4.23. The molecule has 0 saturated carbocycles. The molecule has 106 valence electrons. The molecule has 0 fully saturated rings. The fraction of sp³-hybridized carbons (Fsp3) is 0.562. The summed E-state index contributed by atoms with van der Waals surface area (Å²) in [6.45, 7) is 9.02. The molecule has 0 spiro atoms. The van der Waals surface area contributed by atoms with Crippen molar-refractivity contribution < 1.29 is 4.79 Å². The van der Waals surface area contributed by atoms with Crippen LogP contribution < -0.4 is 5.32 Å². The number of aryl methyl sites for hydroxylation is 2. The van der Waals surface area contributed by atoms with E-state index in [1.54, 1.807) is 0 Å². The zero-order valence-corrected chi connectivity index (χ0v) is 13.9. The number of benzene rings is 1. The van der Waals surface area contributed by atoms with Crippen molar-refractivity contribution in [3.05, 3.63) is 34.9 Å². The third-order valence-electron chi connectivity index (χ3n) is 3.73. The van der Waals surface area contributed by atoms with Gasteiger partial charge in [0.2, 0.25) is 0 Å². The van der Waals surface area contributed by atoms with Gasteiger partial charge in [0.05, 0.1) is 0 Å². The number of carbonyl (C=O) groups excluding carboxylic acids is 1. The smallest absolute Gasteiger partial charge is 0.251 e. The average molecular weight is 326 g/mol. The molecule has 0 aromatic heterocycles. The predicted molar refractivity (Wildman–Crippen MR) is 85.0 cm³/mol. The van der Waals surface area contributed by atoms with Gasteiger partial charge in [-0.3, -0.25) is 4.79 Å². The summed E-state index contributed by atoms with van der Waals surface area (Å²) in [6, 6.07) is 5.95. The molecule has 0 aliphatic carbocycles. The fourth-order valence-corrected chi connectivity index (χ4v) is 3.33. The van der Waals surface area contributed by atoms with E-state index in [-0.39, 0.29) is 5.91 Å². The van der Waals surface area contributed by atoms with Crippen molar-refractivity contribution in [1.29, 1.82) is 0 Å². The number of carbonyl (C=O) groups is 1. The Labute approximate surface area is 125 Å². The summed E-state index contributed by atoms with van der Waals surface area (Å²) in [7, 11) is 0. The second-order valence-corrected chi connectivity index (χ2v) is 6.25. The van der Waals surface area contributed by atoms with Crippen molar-refractivity contribution in [2.45, 2.75) is 45.4 Å². The van der Waals surface area contributed by atoms with E-state index in [2.05, 4.69) is 35.1 Å². The Morgan fingerprint density at radius 3 is 2.21 bits per heavy atom. The molecule has 1 aromatic rings. The van der Waals surface area contributed by atoms with Gasteiger partial charge in [0.25, 0.3) is 5.91 Å². The minimum atomic E-state index is 0.0333. The monoisotopic (exact) mass is 325 g/mol. The van der Waals surface area contributed by atoms with Crippen LogP contribution in [0.3, 0.4) is 0 Å². The number of hydrogen-bond acceptors (Lipinski definition) is 1. The minimum absolute atomic E-state index is 0.0333. The van der Waals surface area contributed by atoms with Gasteiger partial charge < -0.3 is 5.32 Å². The minimum Gasteiger partial charge on any atom is -0.351 e. The van der Waals surface area contributed by atoms with Gasteiger partial charge in [0.1, 0.15) is 0 Å². The Morgan fingerprint density at radius 2 is 1.74 bits per heavy atom. The van der Waals surface area contributed by atoms with Crippen LogP contribution in [0.5, 0.6) is 0 Å². The zero-order chi connectivity index (χ0) is 14.4. The highest BCUT2D eigenvalue weighted by Crippen LogP contribution is 2.20. The van der Waals surface area contributed by atoms with Crippen LogP contribution in [0.25, 0.3) is 0 Å². The van der Waals surface area contributed by atoms with E-state index in [4.69, 9.17) is 0 Å². The number of rotatable bonds is 6. The van der Waals surface area contributed by atoms with E-state index in [1.807, 2.05) is 32.0 Å². The average Bonchev–Trinajstić information content (AvgIpc) is 2.37. The number of alkyl halides is 1. The molecule has 0 aliphatic rings. The highest BCUT2D eigenvalue weighted by molar-refractivity contribution is 9.09. The van der Waals surface area contributed by atoms with Gasteiger partial charge in [-0.05, 0) is 30.9 Å². The van der Waals surface area contributed by atoms with Crippen molar-refractivity contribution in [1.82, 2.24) is 5.32 Å². The van der Waals surface area contributed by atoms with E-state index >= 15 is 0 Å². The van der Waals surface area contributed by atoms with Gasteiger partial charge in [-0.1, -0.05) is 60.8 Å². The topological polar surface area (TPSA) is 29.1 Å².